The number of aliphatic carboxylic acids is 1. The Balaban J connectivity index is 0.000000202. The number of benzene rings is 2. The molecule has 0 aliphatic carbocycles. The number of carboxylic acid groups (broad SMARTS) is 1. The predicted molar refractivity (Wildman–Crippen MR) is 192 cm³/mol. The van der Waals surface area contributed by atoms with E-state index in [4.69, 9.17) is 10.9 Å². The van der Waals surface area contributed by atoms with Gasteiger partial charge in [-0.1, -0.05) is 17.2 Å². The molecule has 0 radical (unpaired) electrons. The van der Waals surface area contributed by atoms with Gasteiger partial charge in [0.15, 0.2) is 11.6 Å². The van der Waals surface area contributed by atoms with Gasteiger partial charge in [0.05, 0.1) is 17.8 Å². The third-order valence-electron chi connectivity index (χ3n) is 6.73. The van der Waals surface area contributed by atoms with Crippen molar-refractivity contribution in [2.24, 2.45) is 5.84 Å². The predicted octanol–water partition coefficient (Wildman–Crippen LogP) is 4.73. The van der Waals surface area contributed by atoms with Gasteiger partial charge in [0.1, 0.15) is 31.1 Å². The van der Waals surface area contributed by atoms with Gasteiger partial charge >= 0.3 is 12.1 Å². The van der Waals surface area contributed by atoms with Gasteiger partial charge in [0.2, 0.25) is 5.91 Å². The Morgan fingerprint density at radius 3 is 1.83 bits per heavy atom. The first kappa shape index (κ1) is 39.6. The van der Waals surface area contributed by atoms with Crippen LogP contribution in [0.5, 0.6) is 0 Å². The molecule has 0 saturated carbocycles. The zero-order valence-corrected chi connectivity index (χ0v) is 29.0. The number of alkyl halides is 3. The number of hydrogen-bond donors (Lipinski definition) is 4. The van der Waals surface area contributed by atoms with Crippen LogP contribution in [0.25, 0.3) is 35.2 Å². The van der Waals surface area contributed by atoms with Crippen LogP contribution in [0.2, 0.25) is 0 Å². The monoisotopic (exact) mass is 741 g/mol. The normalized spacial score (nSPS) is 11.0. The molecule has 19 heteroatoms. The van der Waals surface area contributed by atoms with E-state index in [1.807, 2.05) is 26.0 Å². The highest BCUT2D eigenvalue weighted by Gasteiger charge is 2.31. The standard InChI is InChI=1S/C18H18N6O.C13H10F3N3O2.C4H6N4/c1-13-7-14(2)9-15(8-13)18-22-12-24(23-18)6-4-17(25)20-10-16-3-5-19-11-21-16;1-8-4-9(6-10(5-8)13(14,15)16)12-17-7-19(18-12)3-2-11(20)21;5-8-4-1-2-6-3-7-4/h3-9,11-12H,10H2,1-2H3,(H,20,25);2-7H,1H3,(H,20,21);1-3H,5H2,(H,6,7,8)/b6-4-;3-2-;. The molecule has 0 aliphatic rings. The second kappa shape index (κ2) is 18.9. The first-order chi connectivity index (χ1) is 25.8. The molecule has 2 aromatic carbocycles. The van der Waals surface area contributed by atoms with Gasteiger partial charge in [-0.15, -0.1) is 10.2 Å². The third kappa shape index (κ3) is 12.9. The van der Waals surface area contributed by atoms with Crippen LogP contribution in [-0.4, -0.2) is 66.4 Å². The number of anilines is 1. The highest BCUT2D eigenvalue weighted by molar-refractivity contribution is 5.90. The summed E-state index contributed by atoms with van der Waals surface area (Å²) in [6.07, 6.45) is 9.40. The zero-order chi connectivity index (χ0) is 39.1. The Hall–Kier alpha value is -7.15. The van der Waals surface area contributed by atoms with E-state index >= 15 is 0 Å². The summed E-state index contributed by atoms with van der Waals surface area (Å²) in [4.78, 5) is 45.7. The van der Waals surface area contributed by atoms with E-state index < -0.39 is 17.7 Å². The average molecular weight is 742 g/mol. The maximum atomic E-state index is 12.8. The Labute approximate surface area is 306 Å². The zero-order valence-electron chi connectivity index (χ0n) is 29.0. The number of carboxylic acids is 1. The molecule has 0 spiro atoms. The first-order valence-electron chi connectivity index (χ1n) is 15.7. The number of carbonyl (C=O) groups is 2. The number of nitrogen functional groups attached to an aromatic ring is 1. The summed E-state index contributed by atoms with van der Waals surface area (Å²) in [5, 5.41) is 19.5. The molecule has 0 saturated heterocycles. The van der Waals surface area contributed by atoms with E-state index in [2.05, 4.69) is 56.9 Å². The Kier molecular flexibility index (Phi) is 13.9. The van der Waals surface area contributed by atoms with Gasteiger partial charge in [-0.05, 0) is 62.7 Å². The summed E-state index contributed by atoms with van der Waals surface area (Å²) in [5.41, 5.74) is 6.25. The number of carbonyl (C=O) groups excluding carboxylic acids is 1. The Morgan fingerprint density at radius 1 is 0.778 bits per heavy atom. The minimum atomic E-state index is -4.45. The Morgan fingerprint density at radius 2 is 1.33 bits per heavy atom. The molecule has 4 aromatic heterocycles. The number of halogens is 3. The van der Waals surface area contributed by atoms with Crippen LogP contribution in [0.4, 0.5) is 19.0 Å². The van der Waals surface area contributed by atoms with E-state index in [1.165, 1.54) is 35.8 Å². The lowest BCUT2D eigenvalue weighted by molar-refractivity contribution is -0.137. The van der Waals surface area contributed by atoms with Gasteiger partial charge in [0, 0.05) is 54.1 Å². The minimum absolute atomic E-state index is 0.0826. The number of nitrogens with one attached hydrogen (secondary N) is 2. The number of rotatable bonds is 9. The fourth-order valence-electron chi connectivity index (χ4n) is 4.46. The molecule has 5 N–H and O–H groups in total. The van der Waals surface area contributed by atoms with Crippen molar-refractivity contribution in [1.29, 1.82) is 0 Å². The lowest BCUT2D eigenvalue weighted by atomic mass is 10.1. The summed E-state index contributed by atoms with van der Waals surface area (Å²) < 4.78 is 40.9. The van der Waals surface area contributed by atoms with Gasteiger partial charge < -0.3 is 15.8 Å². The molecule has 1 amide bonds. The van der Waals surface area contributed by atoms with E-state index in [-0.39, 0.29) is 17.3 Å². The van der Waals surface area contributed by atoms with Crippen molar-refractivity contribution in [2.75, 3.05) is 5.43 Å². The molecule has 0 bridgehead atoms. The quantitative estimate of drug-likeness (QED) is 0.0897. The third-order valence-corrected chi connectivity index (χ3v) is 6.73. The van der Waals surface area contributed by atoms with Gasteiger partial charge in [-0.25, -0.2) is 49.9 Å². The number of hydrogen-bond acceptors (Lipinski definition) is 12. The van der Waals surface area contributed by atoms with Crippen LogP contribution in [0.15, 0.2) is 98.4 Å². The molecular formula is C35H34F3N13O3. The van der Waals surface area contributed by atoms with Crippen molar-refractivity contribution in [1.82, 2.24) is 54.8 Å². The topological polar surface area (TPSA) is 217 Å². The molecule has 16 nitrogen and oxygen atoms in total. The number of hydrazine groups is 1. The van der Waals surface area contributed by atoms with E-state index in [0.29, 0.717) is 23.8 Å². The molecule has 0 aliphatic heterocycles. The second-order valence-corrected chi connectivity index (χ2v) is 11.2. The van der Waals surface area contributed by atoms with Crippen molar-refractivity contribution < 1.29 is 27.9 Å². The van der Waals surface area contributed by atoms with Gasteiger partial charge in [-0.3, -0.25) is 4.79 Å². The SMILES string of the molecule is Cc1cc(-c2ncn(/C=C\C(=O)O)n2)cc(C(F)(F)F)c1.Cc1cc(C)cc(-c2ncn(/C=C\C(=O)NCc3ccncn3)n2)c1.NNc1ccncn1. The number of aromatic nitrogens is 10. The fourth-order valence-corrected chi connectivity index (χ4v) is 4.46. The van der Waals surface area contributed by atoms with Crippen LogP contribution in [-0.2, 0) is 22.3 Å². The highest BCUT2D eigenvalue weighted by Crippen LogP contribution is 2.32. The summed E-state index contributed by atoms with van der Waals surface area (Å²) in [5.74, 6) is 4.94. The van der Waals surface area contributed by atoms with Crippen LogP contribution in [0.1, 0.15) is 27.9 Å². The van der Waals surface area contributed by atoms with Crippen LogP contribution in [0, 0.1) is 20.8 Å². The number of aryl methyl sites for hydroxylation is 3. The fraction of sp³-hybridized carbons (Fsp3) is 0.143. The molecule has 54 heavy (non-hydrogen) atoms. The van der Waals surface area contributed by atoms with E-state index in [9.17, 15) is 22.8 Å². The van der Waals surface area contributed by atoms with Crippen molar-refractivity contribution in [3.05, 3.63) is 126 Å². The maximum Gasteiger partial charge on any atom is 0.416 e. The molecule has 0 atom stereocenters. The lowest BCUT2D eigenvalue weighted by Gasteiger charge is -2.09. The first-order valence-corrected chi connectivity index (χ1v) is 15.7. The second-order valence-electron chi connectivity index (χ2n) is 11.2. The number of nitrogens with zero attached hydrogens (tertiary/aromatic N) is 10. The Bertz CT molecular complexity index is 2180. The molecule has 278 valence electrons. The molecule has 6 aromatic rings. The van der Waals surface area contributed by atoms with E-state index in [0.717, 1.165) is 51.5 Å². The molecule has 4 heterocycles. The molecule has 6 rings (SSSR count). The van der Waals surface area contributed by atoms with Crippen molar-refractivity contribution in [3.63, 3.8) is 0 Å². The van der Waals surface area contributed by atoms with Crippen LogP contribution in [0.3, 0.4) is 0 Å². The van der Waals surface area contributed by atoms with Crippen molar-refractivity contribution >= 4 is 30.1 Å². The number of nitrogens with two attached hydrogens (primary N) is 1. The van der Waals surface area contributed by atoms with Crippen LogP contribution < -0.4 is 16.6 Å². The summed E-state index contributed by atoms with van der Waals surface area (Å²) in [6.45, 7) is 5.96. The average Bonchev–Trinajstić information content (AvgIpc) is 3.83. The summed E-state index contributed by atoms with van der Waals surface area (Å²) in [6, 6.07) is 13.1. The van der Waals surface area contributed by atoms with Crippen molar-refractivity contribution in [2.45, 2.75) is 33.5 Å². The largest absolute Gasteiger partial charge is 0.478 e. The van der Waals surface area contributed by atoms with Gasteiger partial charge in [0.25, 0.3) is 0 Å². The van der Waals surface area contributed by atoms with E-state index in [1.54, 1.807) is 44.0 Å². The highest BCUT2D eigenvalue weighted by atomic mass is 19.4. The molecule has 0 fully saturated rings. The lowest BCUT2D eigenvalue weighted by Crippen LogP contribution is -2.21. The van der Waals surface area contributed by atoms with Crippen LogP contribution >= 0.6 is 0 Å². The summed E-state index contributed by atoms with van der Waals surface area (Å²) in [7, 11) is 0. The number of amides is 1. The summed E-state index contributed by atoms with van der Waals surface area (Å²) >= 11 is 0. The molecular weight excluding hydrogens is 707 g/mol. The molecule has 0 unspecified atom stereocenters. The van der Waals surface area contributed by atoms with Gasteiger partial charge in [-0.2, -0.15) is 13.2 Å². The minimum Gasteiger partial charge on any atom is -0.478 e. The van der Waals surface area contributed by atoms with Crippen molar-refractivity contribution in [3.8, 4) is 22.8 Å². The smallest absolute Gasteiger partial charge is 0.416 e. The maximum absolute atomic E-state index is 12.8.